The highest BCUT2D eigenvalue weighted by molar-refractivity contribution is 8.00. The standard InChI is InChI=1S/C34H31N5O2S/c1-23-9-8-13-27(19-23)33-31-32(26-11-4-3-5-12-26)37-39(28-14-7-6-10-24(28)2)34(31)38(30(41)22-42-33)21-29(40)36-20-25-15-17-35-18-16-25/h3-19,33H,20-22H2,1-2H3,(H,36,40)/t33-/m1/s1. The van der Waals surface area contributed by atoms with Crippen LogP contribution in [0.25, 0.3) is 16.9 Å². The minimum atomic E-state index is -0.246. The Balaban J connectivity index is 1.53. The van der Waals surface area contributed by atoms with E-state index in [4.69, 9.17) is 5.10 Å². The first-order valence-electron chi connectivity index (χ1n) is 13.9. The van der Waals surface area contributed by atoms with Gasteiger partial charge in [0.25, 0.3) is 0 Å². The summed E-state index contributed by atoms with van der Waals surface area (Å²) >= 11 is 1.58. The van der Waals surface area contributed by atoms with Gasteiger partial charge in [0.15, 0.2) is 0 Å². The van der Waals surface area contributed by atoms with Gasteiger partial charge in [0, 0.05) is 30.1 Å². The summed E-state index contributed by atoms with van der Waals surface area (Å²) in [4.78, 5) is 33.0. The third-order valence-corrected chi connectivity index (χ3v) is 8.62. The van der Waals surface area contributed by atoms with E-state index < -0.39 is 0 Å². The summed E-state index contributed by atoms with van der Waals surface area (Å²) < 4.78 is 1.86. The van der Waals surface area contributed by atoms with E-state index >= 15 is 0 Å². The van der Waals surface area contributed by atoms with E-state index in [9.17, 15) is 9.59 Å². The molecule has 3 aromatic carbocycles. The van der Waals surface area contributed by atoms with E-state index in [1.54, 1.807) is 29.1 Å². The lowest BCUT2D eigenvalue weighted by Crippen LogP contribution is -2.42. The molecule has 210 valence electrons. The molecule has 0 unspecified atom stereocenters. The van der Waals surface area contributed by atoms with Crippen LogP contribution in [0.1, 0.15) is 33.1 Å². The number of benzene rings is 3. The summed E-state index contributed by atoms with van der Waals surface area (Å²) in [6, 6.07) is 30.2. The maximum atomic E-state index is 13.9. The van der Waals surface area contributed by atoms with Gasteiger partial charge in [-0.1, -0.05) is 78.4 Å². The minimum Gasteiger partial charge on any atom is -0.350 e. The number of fused-ring (bicyclic) bond motifs is 1. The Labute approximate surface area is 249 Å². The quantitative estimate of drug-likeness (QED) is 0.257. The molecule has 8 heteroatoms. The second-order valence-electron chi connectivity index (χ2n) is 10.4. The Morgan fingerprint density at radius 1 is 0.952 bits per heavy atom. The number of thioether (sulfide) groups is 1. The lowest BCUT2D eigenvalue weighted by Gasteiger charge is -2.24. The number of amides is 2. The average molecular weight is 574 g/mol. The van der Waals surface area contributed by atoms with Gasteiger partial charge in [-0.3, -0.25) is 19.5 Å². The zero-order valence-corrected chi connectivity index (χ0v) is 24.3. The van der Waals surface area contributed by atoms with Gasteiger partial charge in [-0.25, -0.2) is 4.68 Å². The molecule has 6 rings (SSSR count). The number of nitrogens with one attached hydrogen (secondary N) is 1. The molecule has 1 N–H and O–H groups in total. The van der Waals surface area contributed by atoms with E-state index in [1.165, 1.54) is 0 Å². The number of hydrogen-bond donors (Lipinski definition) is 1. The van der Waals surface area contributed by atoms with Crippen molar-refractivity contribution >= 4 is 29.4 Å². The molecule has 0 bridgehead atoms. The van der Waals surface area contributed by atoms with Crippen molar-refractivity contribution in [3.8, 4) is 16.9 Å². The molecule has 1 aliphatic heterocycles. The van der Waals surface area contributed by atoms with Gasteiger partial charge in [0.05, 0.1) is 22.4 Å². The zero-order valence-electron chi connectivity index (χ0n) is 23.5. The summed E-state index contributed by atoms with van der Waals surface area (Å²) in [7, 11) is 0. The number of carbonyl (C=O) groups excluding carboxylic acids is 2. The maximum Gasteiger partial charge on any atom is 0.240 e. The van der Waals surface area contributed by atoms with Crippen molar-refractivity contribution in [2.75, 3.05) is 17.2 Å². The van der Waals surface area contributed by atoms with Gasteiger partial charge in [0.2, 0.25) is 11.8 Å². The number of aromatic nitrogens is 3. The minimum absolute atomic E-state index is 0.121. The normalized spacial score (nSPS) is 14.8. The van der Waals surface area contributed by atoms with Crippen molar-refractivity contribution in [3.05, 3.63) is 131 Å². The Morgan fingerprint density at radius 2 is 1.71 bits per heavy atom. The molecule has 0 radical (unpaired) electrons. The van der Waals surface area contributed by atoms with Crippen LogP contribution in [0.15, 0.2) is 103 Å². The van der Waals surface area contributed by atoms with Crippen LogP contribution in [0, 0.1) is 13.8 Å². The highest BCUT2D eigenvalue weighted by Gasteiger charge is 2.37. The van der Waals surface area contributed by atoms with Crippen LogP contribution in [0.3, 0.4) is 0 Å². The molecule has 3 heterocycles. The number of anilines is 1. The summed E-state index contributed by atoms with van der Waals surface area (Å²) in [6.45, 7) is 4.33. The molecular formula is C34H31N5O2S. The molecule has 5 aromatic rings. The van der Waals surface area contributed by atoms with Crippen LogP contribution >= 0.6 is 11.8 Å². The Morgan fingerprint density at radius 3 is 2.48 bits per heavy atom. The highest BCUT2D eigenvalue weighted by atomic mass is 32.2. The van der Waals surface area contributed by atoms with Crippen molar-refractivity contribution in [3.63, 3.8) is 0 Å². The Kier molecular flexibility index (Phi) is 7.88. The monoisotopic (exact) mass is 573 g/mol. The predicted octanol–water partition coefficient (Wildman–Crippen LogP) is 6.04. The van der Waals surface area contributed by atoms with Crippen molar-refractivity contribution in [1.82, 2.24) is 20.1 Å². The fraction of sp³-hybridized carbons (Fsp3) is 0.176. The molecule has 0 aliphatic carbocycles. The van der Waals surface area contributed by atoms with E-state index in [-0.39, 0.29) is 29.4 Å². The number of aryl methyl sites for hydroxylation is 2. The summed E-state index contributed by atoms with van der Waals surface area (Å²) in [5.74, 6) is 0.477. The van der Waals surface area contributed by atoms with Crippen molar-refractivity contribution < 1.29 is 9.59 Å². The smallest absolute Gasteiger partial charge is 0.240 e. The molecule has 42 heavy (non-hydrogen) atoms. The van der Waals surface area contributed by atoms with Crippen LogP contribution in [0.5, 0.6) is 0 Å². The number of pyridine rings is 1. The first-order valence-corrected chi connectivity index (χ1v) is 14.9. The van der Waals surface area contributed by atoms with Crippen molar-refractivity contribution in [2.24, 2.45) is 0 Å². The molecule has 0 saturated carbocycles. The van der Waals surface area contributed by atoms with Crippen LogP contribution < -0.4 is 10.2 Å². The summed E-state index contributed by atoms with van der Waals surface area (Å²) in [5, 5.41) is 8.00. The number of rotatable bonds is 7. The molecule has 0 spiro atoms. The average Bonchev–Trinajstić information content (AvgIpc) is 3.33. The molecule has 0 saturated heterocycles. The number of para-hydroxylation sites is 1. The fourth-order valence-corrected chi connectivity index (χ4v) is 6.48. The zero-order chi connectivity index (χ0) is 29.1. The van der Waals surface area contributed by atoms with Crippen molar-refractivity contribution in [2.45, 2.75) is 25.6 Å². The van der Waals surface area contributed by atoms with Crippen LogP contribution in [-0.2, 0) is 16.1 Å². The topological polar surface area (TPSA) is 80.1 Å². The lowest BCUT2D eigenvalue weighted by atomic mass is 9.98. The van der Waals surface area contributed by atoms with Gasteiger partial charge in [0.1, 0.15) is 12.4 Å². The molecule has 7 nitrogen and oxygen atoms in total. The Hall–Kier alpha value is -4.69. The van der Waals surface area contributed by atoms with Gasteiger partial charge in [-0.05, 0) is 48.7 Å². The first-order chi connectivity index (χ1) is 20.5. The van der Waals surface area contributed by atoms with Gasteiger partial charge in [-0.15, -0.1) is 11.8 Å². The number of hydrogen-bond acceptors (Lipinski definition) is 5. The van der Waals surface area contributed by atoms with Gasteiger partial charge < -0.3 is 5.32 Å². The van der Waals surface area contributed by atoms with Crippen LogP contribution in [0.2, 0.25) is 0 Å². The summed E-state index contributed by atoms with van der Waals surface area (Å²) in [5.41, 5.74) is 7.73. The number of carbonyl (C=O) groups is 2. The third kappa shape index (κ3) is 5.58. The summed E-state index contributed by atoms with van der Waals surface area (Å²) in [6.07, 6.45) is 3.39. The second kappa shape index (κ2) is 12.0. The van der Waals surface area contributed by atoms with Gasteiger partial charge in [-0.2, -0.15) is 5.10 Å². The maximum absolute atomic E-state index is 13.9. The number of nitrogens with zero attached hydrogens (tertiary/aromatic N) is 4. The third-order valence-electron chi connectivity index (χ3n) is 7.37. The van der Waals surface area contributed by atoms with Gasteiger partial charge >= 0.3 is 0 Å². The molecule has 0 fully saturated rings. The van der Waals surface area contributed by atoms with E-state index in [0.717, 1.165) is 44.8 Å². The second-order valence-corrected chi connectivity index (χ2v) is 11.5. The molecule has 2 amide bonds. The SMILES string of the molecule is Cc1cccc([C@H]2SCC(=O)N(CC(=O)NCc3ccncc3)c3c2c(-c2ccccc2)nn3-c2ccccc2C)c1. The lowest BCUT2D eigenvalue weighted by molar-refractivity contribution is -0.123. The van der Waals surface area contributed by atoms with Crippen molar-refractivity contribution in [1.29, 1.82) is 0 Å². The fourth-order valence-electron chi connectivity index (χ4n) is 5.29. The first kappa shape index (κ1) is 27.5. The van der Waals surface area contributed by atoms with E-state index in [2.05, 4.69) is 41.5 Å². The van der Waals surface area contributed by atoms with E-state index in [1.807, 2.05) is 78.3 Å². The molecule has 1 atom stereocenters. The van der Waals surface area contributed by atoms with E-state index in [0.29, 0.717) is 12.4 Å². The largest absolute Gasteiger partial charge is 0.350 e. The molecule has 1 aliphatic rings. The Bertz CT molecular complexity index is 1740. The molecule has 2 aromatic heterocycles. The predicted molar refractivity (Wildman–Crippen MR) is 168 cm³/mol. The highest BCUT2D eigenvalue weighted by Crippen LogP contribution is 2.48. The van der Waals surface area contributed by atoms with Crippen LogP contribution in [0.4, 0.5) is 5.82 Å². The van der Waals surface area contributed by atoms with Crippen LogP contribution in [-0.4, -0.2) is 38.9 Å². The molecular weight excluding hydrogens is 542 g/mol.